The van der Waals surface area contributed by atoms with Gasteiger partial charge >= 0.3 is 18.1 Å². The van der Waals surface area contributed by atoms with Crippen molar-refractivity contribution in [3.8, 4) is 16.5 Å². The van der Waals surface area contributed by atoms with Crippen LogP contribution in [0.15, 0.2) is 53.9 Å². The Kier molecular flexibility index (Phi) is 9.28. The molecular formula is C34H40N6O7S. The van der Waals surface area contributed by atoms with Crippen molar-refractivity contribution < 1.29 is 33.8 Å². The van der Waals surface area contributed by atoms with Crippen molar-refractivity contribution in [2.45, 2.75) is 82.6 Å². The van der Waals surface area contributed by atoms with E-state index in [-0.39, 0.29) is 37.7 Å². The van der Waals surface area contributed by atoms with E-state index in [2.05, 4.69) is 10.7 Å². The number of para-hydroxylation sites is 2. The zero-order valence-corrected chi connectivity index (χ0v) is 28.0. The predicted molar refractivity (Wildman–Crippen MR) is 178 cm³/mol. The van der Waals surface area contributed by atoms with Crippen LogP contribution in [0.3, 0.4) is 0 Å². The Morgan fingerprint density at radius 2 is 1.85 bits per heavy atom. The number of hydrogen-bond donors (Lipinski definition) is 3. The summed E-state index contributed by atoms with van der Waals surface area (Å²) in [6.07, 6.45) is 5.51. The lowest BCUT2D eigenvalue weighted by atomic mass is 10.1. The number of benzene rings is 1. The molecule has 3 aliphatic rings. The third kappa shape index (κ3) is 7.23. The molecule has 0 unspecified atom stereocenters. The Morgan fingerprint density at radius 3 is 2.56 bits per heavy atom. The van der Waals surface area contributed by atoms with Crippen molar-refractivity contribution in [2.75, 3.05) is 13.1 Å². The van der Waals surface area contributed by atoms with Crippen LogP contribution < -0.4 is 15.5 Å². The smallest absolute Gasteiger partial charge is 0.426 e. The van der Waals surface area contributed by atoms with Gasteiger partial charge in [0.15, 0.2) is 0 Å². The number of carboxylic acid groups (broad SMARTS) is 1. The van der Waals surface area contributed by atoms with E-state index in [9.17, 15) is 24.3 Å². The first kappa shape index (κ1) is 33.2. The number of rotatable bonds is 5. The zero-order valence-electron chi connectivity index (χ0n) is 27.2. The summed E-state index contributed by atoms with van der Waals surface area (Å²) in [4.78, 5) is 65.2. The maximum atomic E-state index is 14.2. The summed E-state index contributed by atoms with van der Waals surface area (Å²) >= 11 is 1.48. The minimum Gasteiger partial charge on any atom is -0.479 e. The average Bonchev–Trinajstić information content (AvgIpc) is 3.34. The van der Waals surface area contributed by atoms with Gasteiger partial charge in [-0.1, -0.05) is 36.8 Å². The van der Waals surface area contributed by atoms with E-state index in [1.807, 2.05) is 53.9 Å². The molecule has 1 aliphatic carbocycles. The molecule has 2 aromatic heterocycles. The lowest BCUT2D eigenvalue weighted by Gasteiger charge is -2.32. The highest BCUT2D eigenvalue weighted by atomic mass is 32.1. The second kappa shape index (κ2) is 13.4. The Labute approximate surface area is 282 Å². The minimum absolute atomic E-state index is 0.0226. The highest BCUT2D eigenvalue weighted by Gasteiger charge is 2.61. The minimum atomic E-state index is -1.45. The summed E-state index contributed by atoms with van der Waals surface area (Å²) in [5.41, 5.74) is 2.18. The molecule has 1 saturated heterocycles. The Bertz CT molecular complexity index is 1720. The van der Waals surface area contributed by atoms with E-state index in [0.717, 1.165) is 24.1 Å². The van der Waals surface area contributed by atoms with Crippen LogP contribution in [0.25, 0.3) is 21.6 Å². The maximum absolute atomic E-state index is 14.2. The normalized spacial score (nSPS) is 25.6. The molecule has 14 heteroatoms. The van der Waals surface area contributed by atoms with Crippen molar-refractivity contribution >= 4 is 46.4 Å². The van der Waals surface area contributed by atoms with Gasteiger partial charge in [0, 0.05) is 18.9 Å². The first-order valence-corrected chi connectivity index (χ1v) is 17.1. The Morgan fingerprint density at radius 1 is 1.08 bits per heavy atom. The largest absolute Gasteiger partial charge is 0.479 e. The number of fused-ring (bicyclic) bond motifs is 3. The summed E-state index contributed by atoms with van der Waals surface area (Å²) in [5, 5.41) is 16.0. The van der Waals surface area contributed by atoms with Gasteiger partial charge in [-0.05, 0) is 70.0 Å². The molecule has 4 atom stereocenters. The molecule has 4 heterocycles. The summed E-state index contributed by atoms with van der Waals surface area (Å²) in [5.74, 6) is -1.83. The van der Waals surface area contributed by atoms with Crippen molar-refractivity contribution in [3.63, 3.8) is 0 Å². The number of hydrazine groups is 1. The summed E-state index contributed by atoms with van der Waals surface area (Å²) in [7, 11) is 0. The number of nitrogens with zero attached hydrogens (tertiary/aromatic N) is 4. The first-order chi connectivity index (χ1) is 22.9. The fourth-order valence-electron chi connectivity index (χ4n) is 6.14. The Balaban J connectivity index is 1.32. The van der Waals surface area contributed by atoms with Crippen LogP contribution in [0.2, 0.25) is 0 Å². The summed E-state index contributed by atoms with van der Waals surface area (Å²) in [6, 6.07) is 9.53. The third-order valence-corrected chi connectivity index (χ3v) is 9.48. The molecule has 6 rings (SSSR count). The second-order valence-corrected chi connectivity index (χ2v) is 14.3. The van der Waals surface area contributed by atoms with E-state index in [1.165, 1.54) is 21.2 Å². The highest BCUT2D eigenvalue weighted by Crippen LogP contribution is 2.45. The van der Waals surface area contributed by atoms with Gasteiger partial charge in [0.25, 0.3) is 0 Å². The number of allylic oxidation sites excluding steroid dienone is 1. The van der Waals surface area contributed by atoms with E-state index >= 15 is 0 Å². The molecule has 2 fully saturated rings. The molecule has 254 valence electrons. The van der Waals surface area contributed by atoms with E-state index in [4.69, 9.17) is 19.4 Å². The molecule has 0 bridgehead atoms. The van der Waals surface area contributed by atoms with Crippen molar-refractivity contribution in [1.29, 1.82) is 0 Å². The number of hydrogen-bond acceptors (Lipinski definition) is 9. The summed E-state index contributed by atoms with van der Waals surface area (Å²) in [6.45, 7) is 5.32. The molecule has 4 amide bonds. The van der Waals surface area contributed by atoms with Crippen molar-refractivity contribution in [1.82, 2.24) is 30.6 Å². The van der Waals surface area contributed by atoms with Crippen LogP contribution in [0.5, 0.6) is 5.88 Å². The molecule has 3 aromatic rings. The number of carboxylic acids is 1. The second-order valence-electron chi connectivity index (χ2n) is 13.4. The highest BCUT2D eigenvalue weighted by molar-refractivity contribution is 7.13. The molecule has 0 spiro atoms. The van der Waals surface area contributed by atoms with Crippen molar-refractivity contribution in [2.24, 2.45) is 5.92 Å². The predicted octanol–water partition coefficient (Wildman–Crippen LogP) is 5.13. The molecule has 3 N–H and O–H groups in total. The van der Waals surface area contributed by atoms with Crippen LogP contribution in [-0.4, -0.2) is 85.4 Å². The number of thiophene rings is 1. The fourth-order valence-corrected chi connectivity index (χ4v) is 6.85. The summed E-state index contributed by atoms with van der Waals surface area (Å²) < 4.78 is 11.9. The fraction of sp³-hybridized carbons (Fsp3) is 0.471. The van der Waals surface area contributed by atoms with Gasteiger partial charge < -0.3 is 24.8 Å². The van der Waals surface area contributed by atoms with Gasteiger partial charge in [-0.2, -0.15) is 0 Å². The van der Waals surface area contributed by atoms with Crippen LogP contribution in [0.1, 0.15) is 59.3 Å². The molecule has 1 aromatic carbocycles. The van der Waals surface area contributed by atoms with E-state index in [0.29, 0.717) is 23.1 Å². The lowest BCUT2D eigenvalue weighted by molar-refractivity contribution is -0.144. The van der Waals surface area contributed by atoms with Gasteiger partial charge in [0.1, 0.15) is 29.0 Å². The SMILES string of the molecule is CC(C)(C)OC(=O)NN1CCCCC/C=C\[C@H]2C[C@@]2(C(=O)O)NC(=O)[C@@H]2C[C@@H](Oc3nc4ccccc4nc3-c3cccs3)CN2C1=O. The van der Waals surface area contributed by atoms with Crippen LogP contribution >= 0.6 is 11.3 Å². The first-order valence-electron chi connectivity index (χ1n) is 16.2. The number of nitrogens with one attached hydrogen (secondary N) is 2. The molecule has 48 heavy (non-hydrogen) atoms. The number of aromatic nitrogens is 2. The van der Waals surface area contributed by atoms with Gasteiger partial charge in [0.2, 0.25) is 11.8 Å². The molecule has 2 aliphatic heterocycles. The number of aliphatic carboxylic acids is 1. The Hall–Kier alpha value is -4.72. The topological polar surface area (TPSA) is 163 Å². The number of urea groups is 1. The maximum Gasteiger partial charge on any atom is 0.426 e. The number of carbonyl (C=O) groups excluding carboxylic acids is 3. The van der Waals surface area contributed by atoms with Crippen LogP contribution in [-0.2, 0) is 14.3 Å². The van der Waals surface area contributed by atoms with Gasteiger partial charge in [0.05, 0.1) is 22.5 Å². The van der Waals surface area contributed by atoms with Crippen LogP contribution in [0.4, 0.5) is 9.59 Å². The third-order valence-electron chi connectivity index (χ3n) is 8.60. The van der Waals surface area contributed by atoms with E-state index in [1.54, 1.807) is 20.8 Å². The number of ether oxygens (including phenoxy) is 2. The van der Waals surface area contributed by atoms with Gasteiger partial charge in [-0.15, -0.1) is 11.3 Å². The van der Waals surface area contributed by atoms with Gasteiger partial charge in [-0.25, -0.2) is 34.8 Å². The number of amides is 4. The zero-order chi connectivity index (χ0) is 34.1. The monoisotopic (exact) mass is 676 g/mol. The lowest BCUT2D eigenvalue weighted by Crippen LogP contribution is -2.58. The standard InChI is InChI=1S/C34H40N6O7S/c1-33(2,3)47-31(44)38-40-16-10-6-4-5-7-12-21-19-34(21,30(42)43)37-28(41)25-18-22(20-39(25)32(40)45)46-29-27(26-15-11-17-48-26)35-23-13-8-9-14-24(23)36-29/h7-9,11-15,17,21-22,25H,4-6,10,16,18-20H2,1-3H3,(H,37,41)(H,38,44)(H,42,43)/b12-7-/t21-,22+,25-,34+/m0/s1. The quantitative estimate of drug-likeness (QED) is 0.311. The van der Waals surface area contributed by atoms with Crippen molar-refractivity contribution in [3.05, 3.63) is 53.9 Å². The molecule has 1 saturated carbocycles. The van der Waals surface area contributed by atoms with E-state index < -0.39 is 47.3 Å². The number of carbonyl (C=O) groups is 4. The van der Waals surface area contributed by atoms with Crippen LogP contribution in [0, 0.1) is 5.92 Å². The average molecular weight is 677 g/mol. The molecule has 13 nitrogen and oxygen atoms in total. The molecular weight excluding hydrogens is 636 g/mol. The van der Waals surface area contributed by atoms with Gasteiger partial charge in [-0.3, -0.25) is 4.79 Å². The molecule has 0 radical (unpaired) electrons.